The second-order valence-corrected chi connectivity index (χ2v) is 7.47. The summed E-state index contributed by atoms with van der Waals surface area (Å²) >= 11 is 1.44. The summed E-state index contributed by atoms with van der Waals surface area (Å²) in [7, 11) is 0. The van der Waals surface area contributed by atoms with Crippen molar-refractivity contribution in [2.24, 2.45) is 0 Å². The molecule has 0 aliphatic carbocycles. The average molecular weight is 365 g/mol. The monoisotopic (exact) mass is 365 g/mol. The van der Waals surface area contributed by atoms with E-state index >= 15 is 0 Å². The molecule has 6 heteroatoms. The summed E-state index contributed by atoms with van der Waals surface area (Å²) in [6, 6.07) is 10.8. The van der Waals surface area contributed by atoms with Gasteiger partial charge in [-0.2, -0.15) is 0 Å². The Hall–Kier alpha value is -2.73. The second kappa shape index (κ2) is 5.92. The van der Waals surface area contributed by atoms with E-state index in [2.05, 4.69) is 22.4 Å². The zero-order valence-corrected chi connectivity index (χ0v) is 14.8. The van der Waals surface area contributed by atoms with Crippen molar-refractivity contribution in [1.82, 2.24) is 4.98 Å². The van der Waals surface area contributed by atoms with Gasteiger partial charge in [-0.05, 0) is 48.2 Å². The van der Waals surface area contributed by atoms with Gasteiger partial charge < -0.3 is 10.2 Å². The summed E-state index contributed by atoms with van der Waals surface area (Å²) in [4.78, 5) is 18.7. The topological polar surface area (TPSA) is 45.2 Å². The molecule has 0 unspecified atom stereocenters. The quantitative estimate of drug-likeness (QED) is 0.742. The predicted octanol–water partition coefficient (Wildman–Crippen LogP) is 4.53. The Morgan fingerprint density at radius 1 is 1.19 bits per heavy atom. The number of nitrogens with zero attached hydrogens (tertiary/aromatic N) is 2. The van der Waals surface area contributed by atoms with E-state index in [-0.39, 0.29) is 11.7 Å². The van der Waals surface area contributed by atoms with Crippen LogP contribution in [-0.2, 0) is 17.6 Å². The van der Waals surface area contributed by atoms with Crippen LogP contribution in [0.5, 0.6) is 0 Å². The van der Waals surface area contributed by atoms with Gasteiger partial charge in [-0.1, -0.05) is 12.1 Å². The molecule has 5 rings (SSSR count). The molecule has 1 N–H and O–H groups in total. The zero-order chi connectivity index (χ0) is 17.7. The van der Waals surface area contributed by atoms with Gasteiger partial charge in [0.05, 0.1) is 23.5 Å². The van der Waals surface area contributed by atoms with Gasteiger partial charge in [0.25, 0.3) is 0 Å². The molecule has 0 bridgehead atoms. The number of rotatable bonds is 3. The Balaban J connectivity index is 1.49. The molecule has 0 fully saturated rings. The largest absolute Gasteiger partial charge is 0.329 e. The number of hydrogen-bond acceptors (Lipinski definition) is 4. The van der Waals surface area contributed by atoms with Crippen LogP contribution in [0.1, 0.15) is 17.5 Å². The van der Waals surface area contributed by atoms with Crippen LogP contribution in [0.3, 0.4) is 0 Å². The van der Waals surface area contributed by atoms with Gasteiger partial charge in [-0.15, -0.1) is 11.3 Å². The maximum absolute atomic E-state index is 13.8. The highest BCUT2D eigenvalue weighted by atomic mass is 32.1. The molecule has 0 saturated heterocycles. The second-order valence-electron chi connectivity index (χ2n) is 6.61. The van der Waals surface area contributed by atoms with Crippen molar-refractivity contribution in [3.05, 3.63) is 58.7 Å². The summed E-state index contributed by atoms with van der Waals surface area (Å²) in [6.07, 6.45) is 2.46. The minimum atomic E-state index is -0.301. The Kier molecular flexibility index (Phi) is 3.53. The highest BCUT2D eigenvalue weighted by molar-refractivity contribution is 7.14. The van der Waals surface area contributed by atoms with E-state index in [4.69, 9.17) is 0 Å². The van der Waals surface area contributed by atoms with E-state index < -0.39 is 0 Å². The molecule has 0 saturated carbocycles. The van der Waals surface area contributed by atoms with Gasteiger partial charge in [-0.25, -0.2) is 9.37 Å². The number of para-hydroxylation sites is 1. The molecular weight excluding hydrogens is 349 g/mol. The number of benzene rings is 2. The van der Waals surface area contributed by atoms with E-state index in [1.807, 2.05) is 10.3 Å². The molecule has 2 aliphatic rings. The number of hydrogen-bond donors (Lipinski definition) is 1. The first kappa shape index (κ1) is 15.5. The highest BCUT2D eigenvalue weighted by Crippen LogP contribution is 2.40. The summed E-state index contributed by atoms with van der Waals surface area (Å²) in [5, 5.41) is 5.66. The van der Waals surface area contributed by atoms with Gasteiger partial charge in [0.2, 0.25) is 5.91 Å². The molecule has 2 aliphatic heterocycles. The third kappa shape index (κ3) is 2.49. The summed E-state index contributed by atoms with van der Waals surface area (Å²) in [6.45, 7) is 0.825. The molecule has 3 heterocycles. The molecule has 0 atom stereocenters. The number of nitrogens with one attached hydrogen (secondary N) is 1. The van der Waals surface area contributed by atoms with Crippen molar-refractivity contribution in [1.29, 1.82) is 0 Å². The van der Waals surface area contributed by atoms with Crippen molar-refractivity contribution in [3.8, 4) is 11.3 Å². The maximum Gasteiger partial charge on any atom is 0.231 e. The zero-order valence-electron chi connectivity index (χ0n) is 14.0. The molecule has 0 spiro atoms. The van der Waals surface area contributed by atoms with E-state index in [1.165, 1.54) is 23.0 Å². The van der Waals surface area contributed by atoms with Crippen LogP contribution in [0, 0.1) is 5.82 Å². The lowest BCUT2D eigenvalue weighted by molar-refractivity contribution is -0.117. The smallest absolute Gasteiger partial charge is 0.231 e. The van der Waals surface area contributed by atoms with Crippen molar-refractivity contribution >= 4 is 33.8 Å². The fourth-order valence-electron chi connectivity index (χ4n) is 3.77. The van der Waals surface area contributed by atoms with Gasteiger partial charge >= 0.3 is 0 Å². The molecule has 130 valence electrons. The SMILES string of the molecule is O=C1Cc2cc(-c3csc(Nc4ccccc4F)n3)cc3c2N1CCC3. The molecule has 1 aromatic heterocycles. The third-order valence-electron chi connectivity index (χ3n) is 4.92. The number of carbonyl (C=O) groups is 1. The van der Waals surface area contributed by atoms with Crippen molar-refractivity contribution in [3.63, 3.8) is 0 Å². The van der Waals surface area contributed by atoms with Crippen LogP contribution in [0.4, 0.5) is 20.9 Å². The summed E-state index contributed by atoms with van der Waals surface area (Å²) in [5.41, 5.74) is 5.73. The van der Waals surface area contributed by atoms with Gasteiger partial charge in [0, 0.05) is 17.5 Å². The molecule has 3 aromatic rings. The first-order valence-electron chi connectivity index (χ1n) is 8.62. The number of thiazole rings is 1. The Morgan fingerprint density at radius 3 is 2.92 bits per heavy atom. The lowest BCUT2D eigenvalue weighted by Crippen LogP contribution is -2.31. The first-order valence-corrected chi connectivity index (χ1v) is 9.50. The van der Waals surface area contributed by atoms with Crippen molar-refractivity contribution in [2.45, 2.75) is 19.3 Å². The fourth-order valence-corrected chi connectivity index (χ4v) is 4.50. The van der Waals surface area contributed by atoms with Crippen LogP contribution in [0.25, 0.3) is 11.3 Å². The van der Waals surface area contributed by atoms with Crippen LogP contribution in [0.15, 0.2) is 41.8 Å². The van der Waals surface area contributed by atoms with E-state index in [9.17, 15) is 9.18 Å². The third-order valence-corrected chi connectivity index (χ3v) is 5.68. The normalized spacial score (nSPS) is 15.3. The fraction of sp³-hybridized carbons (Fsp3) is 0.200. The molecule has 2 aromatic carbocycles. The van der Waals surface area contributed by atoms with Crippen molar-refractivity contribution in [2.75, 3.05) is 16.8 Å². The van der Waals surface area contributed by atoms with Crippen LogP contribution >= 0.6 is 11.3 Å². The van der Waals surface area contributed by atoms with E-state index in [0.29, 0.717) is 17.2 Å². The minimum absolute atomic E-state index is 0.193. The molecule has 4 nitrogen and oxygen atoms in total. The lowest BCUT2D eigenvalue weighted by Gasteiger charge is -2.25. The Bertz CT molecular complexity index is 1030. The lowest BCUT2D eigenvalue weighted by atomic mass is 9.96. The minimum Gasteiger partial charge on any atom is -0.329 e. The van der Waals surface area contributed by atoms with Crippen molar-refractivity contribution < 1.29 is 9.18 Å². The van der Waals surface area contributed by atoms with Gasteiger partial charge in [0.15, 0.2) is 5.13 Å². The summed E-state index contributed by atoms with van der Waals surface area (Å²) < 4.78 is 13.8. The van der Waals surface area contributed by atoms with Crippen LogP contribution in [0.2, 0.25) is 0 Å². The number of anilines is 3. The Morgan fingerprint density at radius 2 is 2.04 bits per heavy atom. The Labute approximate surface area is 154 Å². The van der Waals surface area contributed by atoms with Crippen LogP contribution in [-0.4, -0.2) is 17.4 Å². The molecule has 0 radical (unpaired) electrons. The predicted molar refractivity (Wildman–Crippen MR) is 102 cm³/mol. The molecular formula is C20H16FN3OS. The first-order chi connectivity index (χ1) is 12.7. The summed E-state index contributed by atoms with van der Waals surface area (Å²) in [5.74, 6) is -0.108. The standard InChI is InChI=1S/C20H16FN3OS/c21-15-5-1-2-6-16(15)22-20-23-17(11-26-20)13-8-12-4-3-7-24-18(25)10-14(9-13)19(12)24/h1-2,5-6,8-9,11H,3-4,7,10H2,(H,22,23). The van der Waals surface area contributed by atoms with E-state index in [1.54, 1.807) is 18.2 Å². The molecule has 26 heavy (non-hydrogen) atoms. The number of aryl methyl sites for hydroxylation is 1. The van der Waals surface area contributed by atoms with E-state index in [0.717, 1.165) is 41.9 Å². The van der Waals surface area contributed by atoms with Gasteiger partial charge in [-0.3, -0.25) is 4.79 Å². The number of aromatic nitrogens is 1. The number of amides is 1. The molecule has 1 amide bonds. The highest BCUT2D eigenvalue weighted by Gasteiger charge is 2.32. The maximum atomic E-state index is 13.8. The number of halogens is 1. The van der Waals surface area contributed by atoms with Crippen LogP contribution < -0.4 is 10.2 Å². The van der Waals surface area contributed by atoms with Gasteiger partial charge in [0.1, 0.15) is 5.82 Å². The average Bonchev–Trinajstić information content (AvgIpc) is 3.23. The number of carbonyl (C=O) groups excluding carboxylic acids is 1.